The van der Waals surface area contributed by atoms with Gasteiger partial charge in [0.25, 0.3) is 0 Å². The van der Waals surface area contributed by atoms with Crippen molar-refractivity contribution in [2.24, 2.45) is 5.92 Å². The molecule has 0 unspecified atom stereocenters. The third-order valence-electron chi connectivity index (χ3n) is 2.02. The largest absolute Gasteiger partial charge is 0.481 e. The van der Waals surface area contributed by atoms with Crippen LogP contribution in [0, 0.1) is 5.92 Å². The first-order valence-corrected chi connectivity index (χ1v) is 3.55. The van der Waals surface area contributed by atoms with Gasteiger partial charge in [0, 0.05) is 5.92 Å². The van der Waals surface area contributed by atoms with Crippen molar-refractivity contribution in [2.75, 3.05) is 0 Å². The van der Waals surface area contributed by atoms with Gasteiger partial charge in [-0.15, -0.1) is 0 Å². The van der Waals surface area contributed by atoms with Crippen LogP contribution in [0.4, 0.5) is 0 Å². The number of carboxylic acid groups (broad SMARTS) is 1. The standard InChI is InChI=1S/C8H8O3/c9-8(10)6-4-5(6)7-2-1-3-11-7/h1-3,5-6H,4H2,(H,9,10)/t5-,6+/m0/s1. The fourth-order valence-electron chi connectivity index (χ4n) is 1.28. The first-order chi connectivity index (χ1) is 5.29. The molecule has 0 spiro atoms. The van der Waals surface area contributed by atoms with Gasteiger partial charge in [-0.25, -0.2) is 0 Å². The Hall–Kier alpha value is -1.25. The molecule has 0 aromatic carbocycles. The summed E-state index contributed by atoms with van der Waals surface area (Å²) in [5.41, 5.74) is 0. The molecule has 1 aliphatic carbocycles. The molecule has 0 radical (unpaired) electrons. The van der Waals surface area contributed by atoms with Crippen LogP contribution in [-0.2, 0) is 4.79 Å². The minimum absolute atomic E-state index is 0.127. The summed E-state index contributed by atoms with van der Waals surface area (Å²) in [6.45, 7) is 0. The van der Waals surface area contributed by atoms with Gasteiger partial charge in [-0.05, 0) is 18.6 Å². The SMILES string of the molecule is O=C(O)[C@@H]1C[C@@H]1c1ccco1. The van der Waals surface area contributed by atoms with E-state index in [9.17, 15) is 4.79 Å². The maximum Gasteiger partial charge on any atom is 0.307 e. The zero-order valence-electron chi connectivity index (χ0n) is 5.86. The van der Waals surface area contributed by atoms with Crippen molar-refractivity contribution in [1.29, 1.82) is 0 Å². The van der Waals surface area contributed by atoms with Gasteiger partial charge in [-0.2, -0.15) is 0 Å². The predicted molar refractivity (Wildman–Crippen MR) is 37.2 cm³/mol. The lowest BCUT2D eigenvalue weighted by molar-refractivity contribution is -0.138. The molecule has 1 aliphatic rings. The summed E-state index contributed by atoms with van der Waals surface area (Å²) >= 11 is 0. The van der Waals surface area contributed by atoms with Gasteiger partial charge < -0.3 is 9.52 Å². The Balaban J connectivity index is 2.08. The lowest BCUT2D eigenvalue weighted by atomic mass is 10.2. The van der Waals surface area contributed by atoms with Crippen molar-refractivity contribution in [3.8, 4) is 0 Å². The molecule has 0 bridgehead atoms. The molecule has 0 amide bonds. The van der Waals surface area contributed by atoms with E-state index >= 15 is 0 Å². The van der Waals surface area contributed by atoms with Crippen LogP contribution >= 0.6 is 0 Å². The zero-order valence-corrected chi connectivity index (χ0v) is 5.86. The van der Waals surface area contributed by atoms with E-state index in [4.69, 9.17) is 9.52 Å². The Morgan fingerprint density at radius 3 is 3.00 bits per heavy atom. The van der Waals surface area contributed by atoms with Crippen LogP contribution in [0.5, 0.6) is 0 Å². The summed E-state index contributed by atoms with van der Waals surface area (Å²) < 4.78 is 5.07. The summed E-state index contributed by atoms with van der Waals surface area (Å²) in [5.74, 6) is 0.00690. The van der Waals surface area contributed by atoms with Crippen molar-refractivity contribution in [1.82, 2.24) is 0 Å². The Morgan fingerprint density at radius 1 is 1.73 bits per heavy atom. The van der Waals surface area contributed by atoms with Crippen molar-refractivity contribution < 1.29 is 14.3 Å². The Kier molecular flexibility index (Phi) is 1.24. The summed E-state index contributed by atoms with van der Waals surface area (Å²) in [6.07, 6.45) is 2.30. The number of carbonyl (C=O) groups is 1. The van der Waals surface area contributed by atoms with Crippen LogP contribution in [-0.4, -0.2) is 11.1 Å². The molecule has 2 rings (SSSR count). The highest BCUT2D eigenvalue weighted by molar-refractivity contribution is 5.74. The van der Waals surface area contributed by atoms with Crippen molar-refractivity contribution in [3.05, 3.63) is 24.2 Å². The quantitative estimate of drug-likeness (QED) is 0.698. The van der Waals surface area contributed by atoms with E-state index < -0.39 is 5.97 Å². The molecule has 1 saturated carbocycles. The molecule has 1 aromatic heterocycles. The van der Waals surface area contributed by atoms with E-state index in [0.29, 0.717) is 0 Å². The van der Waals surface area contributed by atoms with Crippen molar-refractivity contribution in [3.63, 3.8) is 0 Å². The Labute approximate surface area is 63.6 Å². The number of hydrogen-bond acceptors (Lipinski definition) is 2. The summed E-state index contributed by atoms with van der Waals surface area (Å²) in [6, 6.07) is 3.61. The van der Waals surface area contributed by atoms with Gasteiger partial charge in [0.05, 0.1) is 12.2 Å². The second kappa shape index (κ2) is 2.12. The van der Waals surface area contributed by atoms with Gasteiger partial charge in [0.15, 0.2) is 0 Å². The summed E-state index contributed by atoms with van der Waals surface area (Å²) in [4.78, 5) is 10.4. The van der Waals surface area contributed by atoms with Gasteiger partial charge >= 0.3 is 5.97 Å². The topological polar surface area (TPSA) is 50.4 Å². The third kappa shape index (κ3) is 1.02. The molecule has 1 heterocycles. The lowest BCUT2D eigenvalue weighted by Gasteiger charge is -1.88. The minimum atomic E-state index is -0.716. The average molecular weight is 152 g/mol. The maximum absolute atomic E-state index is 10.4. The van der Waals surface area contributed by atoms with Crippen LogP contribution < -0.4 is 0 Å². The molecule has 1 N–H and O–H groups in total. The van der Waals surface area contributed by atoms with E-state index in [0.717, 1.165) is 12.2 Å². The molecule has 0 saturated heterocycles. The number of carboxylic acids is 1. The van der Waals surface area contributed by atoms with E-state index in [1.54, 1.807) is 12.3 Å². The Bertz CT molecular complexity index is 263. The highest BCUT2D eigenvalue weighted by Crippen LogP contribution is 2.47. The minimum Gasteiger partial charge on any atom is -0.481 e. The summed E-state index contributed by atoms with van der Waals surface area (Å²) in [7, 11) is 0. The van der Waals surface area contributed by atoms with Crippen LogP contribution in [0.25, 0.3) is 0 Å². The highest BCUT2D eigenvalue weighted by Gasteiger charge is 2.45. The fourth-order valence-corrected chi connectivity index (χ4v) is 1.28. The summed E-state index contributed by atoms with van der Waals surface area (Å²) in [5, 5.41) is 8.58. The second-order valence-electron chi connectivity index (χ2n) is 2.80. The van der Waals surface area contributed by atoms with E-state index in [-0.39, 0.29) is 11.8 Å². The number of rotatable bonds is 2. The molecular formula is C8H8O3. The van der Waals surface area contributed by atoms with Crippen LogP contribution in [0.1, 0.15) is 18.1 Å². The molecule has 3 heteroatoms. The van der Waals surface area contributed by atoms with Gasteiger partial charge in [-0.1, -0.05) is 0 Å². The molecule has 1 fully saturated rings. The average Bonchev–Trinajstić information content (AvgIpc) is 2.60. The normalized spacial score (nSPS) is 28.4. The fraction of sp³-hybridized carbons (Fsp3) is 0.375. The molecular weight excluding hydrogens is 144 g/mol. The zero-order chi connectivity index (χ0) is 7.84. The molecule has 0 aliphatic heterocycles. The van der Waals surface area contributed by atoms with E-state index in [1.807, 2.05) is 6.07 Å². The van der Waals surface area contributed by atoms with E-state index in [1.165, 1.54) is 0 Å². The van der Waals surface area contributed by atoms with Crippen LogP contribution in [0.3, 0.4) is 0 Å². The smallest absolute Gasteiger partial charge is 0.307 e. The second-order valence-corrected chi connectivity index (χ2v) is 2.80. The van der Waals surface area contributed by atoms with E-state index in [2.05, 4.69) is 0 Å². The molecule has 58 valence electrons. The number of hydrogen-bond donors (Lipinski definition) is 1. The predicted octanol–water partition coefficient (Wildman–Crippen LogP) is 1.47. The molecule has 3 nitrogen and oxygen atoms in total. The first kappa shape index (κ1) is 6.46. The van der Waals surface area contributed by atoms with Crippen molar-refractivity contribution in [2.45, 2.75) is 12.3 Å². The number of aliphatic carboxylic acids is 1. The lowest BCUT2D eigenvalue weighted by Crippen LogP contribution is -1.98. The first-order valence-electron chi connectivity index (χ1n) is 3.55. The highest BCUT2D eigenvalue weighted by atomic mass is 16.4. The van der Waals surface area contributed by atoms with Crippen LogP contribution in [0.2, 0.25) is 0 Å². The van der Waals surface area contributed by atoms with Gasteiger partial charge in [-0.3, -0.25) is 4.79 Å². The van der Waals surface area contributed by atoms with Crippen molar-refractivity contribution >= 4 is 5.97 Å². The third-order valence-corrected chi connectivity index (χ3v) is 2.02. The van der Waals surface area contributed by atoms with Crippen LogP contribution in [0.15, 0.2) is 22.8 Å². The maximum atomic E-state index is 10.4. The monoisotopic (exact) mass is 152 g/mol. The Morgan fingerprint density at radius 2 is 2.55 bits per heavy atom. The number of furan rings is 1. The molecule has 11 heavy (non-hydrogen) atoms. The van der Waals surface area contributed by atoms with Gasteiger partial charge in [0.2, 0.25) is 0 Å². The molecule has 1 aromatic rings. The molecule has 2 atom stereocenters. The van der Waals surface area contributed by atoms with Gasteiger partial charge in [0.1, 0.15) is 5.76 Å².